The number of carbonyl (C=O) groups is 2. The second-order valence-corrected chi connectivity index (χ2v) is 5.24. The zero-order valence-corrected chi connectivity index (χ0v) is 12.2. The summed E-state index contributed by atoms with van der Waals surface area (Å²) in [5.41, 5.74) is 0. The molecule has 1 saturated carbocycles. The summed E-state index contributed by atoms with van der Waals surface area (Å²) in [6.45, 7) is 4.08. The molecule has 3 nitrogen and oxygen atoms in total. The first-order chi connectivity index (χ1) is 9.19. The molecule has 1 fully saturated rings. The minimum Gasteiger partial charge on any atom is -0.462 e. The van der Waals surface area contributed by atoms with Gasteiger partial charge in [-0.25, -0.2) is 0 Å². The normalized spacial score (nSPS) is 23.2. The standard InChI is InChI=1S/C16H26O3/c1-3-5-7-9-13-14(17)11-12-15(13)19-16(18)10-8-6-4-2/h3,5,13,15H,4,6-12H2,1-2H3. The van der Waals surface area contributed by atoms with Crippen LogP contribution in [-0.2, 0) is 14.3 Å². The van der Waals surface area contributed by atoms with Gasteiger partial charge in [-0.1, -0.05) is 31.9 Å². The molecule has 3 heteroatoms. The summed E-state index contributed by atoms with van der Waals surface area (Å²) >= 11 is 0. The lowest BCUT2D eigenvalue weighted by Crippen LogP contribution is -2.25. The Hall–Kier alpha value is -1.12. The van der Waals surface area contributed by atoms with Crippen LogP contribution in [0.15, 0.2) is 12.2 Å². The van der Waals surface area contributed by atoms with Crippen LogP contribution in [0.4, 0.5) is 0 Å². The number of hydrogen-bond acceptors (Lipinski definition) is 3. The highest BCUT2D eigenvalue weighted by molar-refractivity contribution is 5.84. The van der Waals surface area contributed by atoms with E-state index in [1.54, 1.807) is 0 Å². The molecule has 19 heavy (non-hydrogen) atoms. The van der Waals surface area contributed by atoms with Crippen LogP contribution >= 0.6 is 0 Å². The lowest BCUT2D eigenvalue weighted by molar-refractivity contribution is -0.151. The van der Waals surface area contributed by atoms with Crippen molar-refractivity contribution in [2.45, 2.75) is 71.3 Å². The van der Waals surface area contributed by atoms with E-state index in [9.17, 15) is 9.59 Å². The summed E-state index contributed by atoms with van der Waals surface area (Å²) in [5.74, 6) is 0.0476. The minimum atomic E-state index is -0.174. The molecule has 0 radical (unpaired) electrons. The fourth-order valence-electron chi connectivity index (χ4n) is 2.56. The van der Waals surface area contributed by atoms with Gasteiger partial charge in [-0.15, -0.1) is 0 Å². The number of Topliss-reactive ketones (excluding diaryl/α,β-unsaturated/α-hetero) is 1. The van der Waals surface area contributed by atoms with Crippen LogP contribution in [0.25, 0.3) is 0 Å². The van der Waals surface area contributed by atoms with Crippen molar-refractivity contribution in [3.63, 3.8) is 0 Å². The van der Waals surface area contributed by atoms with E-state index in [4.69, 9.17) is 4.74 Å². The molecule has 108 valence electrons. The van der Waals surface area contributed by atoms with E-state index in [0.717, 1.165) is 32.1 Å². The monoisotopic (exact) mass is 266 g/mol. The lowest BCUT2D eigenvalue weighted by atomic mass is 9.98. The van der Waals surface area contributed by atoms with Crippen LogP contribution in [0.5, 0.6) is 0 Å². The largest absolute Gasteiger partial charge is 0.462 e. The van der Waals surface area contributed by atoms with Gasteiger partial charge in [0.15, 0.2) is 0 Å². The number of allylic oxidation sites excluding steroid dienone is 2. The summed E-state index contributed by atoms with van der Waals surface area (Å²) in [5, 5.41) is 0. The summed E-state index contributed by atoms with van der Waals surface area (Å²) in [6, 6.07) is 0. The number of carbonyl (C=O) groups excluding carboxylic acids is 2. The molecule has 0 heterocycles. The lowest BCUT2D eigenvalue weighted by Gasteiger charge is -2.18. The molecule has 0 aromatic carbocycles. The molecule has 2 atom stereocenters. The minimum absolute atomic E-state index is 0.0775. The number of rotatable bonds is 8. The van der Waals surface area contributed by atoms with Crippen molar-refractivity contribution in [3.05, 3.63) is 12.2 Å². The third kappa shape index (κ3) is 5.58. The molecule has 0 spiro atoms. The van der Waals surface area contributed by atoms with Gasteiger partial charge in [-0.3, -0.25) is 9.59 Å². The molecule has 0 aliphatic heterocycles. The van der Waals surface area contributed by atoms with Gasteiger partial charge in [-0.2, -0.15) is 0 Å². The second kappa shape index (κ2) is 8.89. The van der Waals surface area contributed by atoms with Crippen molar-refractivity contribution in [2.75, 3.05) is 0 Å². The third-order valence-electron chi connectivity index (χ3n) is 3.68. The molecule has 2 unspecified atom stereocenters. The highest BCUT2D eigenvalue weighted by Gasteiger charge is 2.36. The summed E-state index contributed by atoms with van der Waals surface area (Å²) in [7, 11) is 0. The zero-order valence-electron chi connectivity index (χ0n) is 12.2. The molecule has 0 bridgehead atoms. The van der Waals surface area contributed by atoms with Crippen molar-refractivity contribution in [2.24, 2.45) is 5.92 Å². The SMILES string of the molecule is CC=CCCC1C(=O)CCC1OC(=O)CCCCC. The van der Waals surface area contributed by atoms with E-state index in [0.29, 0.717) is 19.3 Å². The van der Waals surface area contributed by atoms with Crippen LogP contribution in [0, 0.1) is 5.92 Å². The fourth-order valence-corrected chi connectivity index (χ4v) is 2.56. The highest BCUT2D eigenvalue weighted by Crippen LogP contribution is 2.29. The second-order valence-electron chi connectivity index (χ2n) is 5.24. The Labute approximate surface area is 116 Å². The predicted molar refractivity (Wildman–Crippen MR) is 75.8 cm³/mol. The molecule has 1 aliphatic rings. The van der Waals surface area contributed by atoms with Gasteiger partial charge in [0.05, 0.1) is 5.92 Å². The number of ketones is 1. The Kier molecular flexibility index (Phi) is 7.46. The number of hydrogen-bond donors (Lipinski definition) is 0. The molecule has 0 aromatic heterocycles. The van der Waals surface area contributed by atoms with E-state index in [1.165, 1.54) is 0 Å². The van der Waals surface area contributed by atoms with E-state index in [2.05, 4.69) is 13.0 Å². The predicted octanol–water partition coefficient (Wildman–Crippen LogP) is 3.81. The Bertz CT molecular complexity index is 320. The van der Waals surface area contributed by atoms with Crippen LogP contribution in [-0.4, -0.2) is 17.9 Å². The maximum atomic E-state index is 11.8. The summed E-state index contributed by atoms with van der Waals surface area (Å²) in [6.07, 6.45) is 10.4. The van der Waals surface area contributed by atoms with Crippen molar-refractivity contribution in [3.8, 4) is 0 Å². The van der Waals surface area contributed by atoms with Crippen molar-refractivity contribution >= 4 is 11.8 Å². The summed E-state index contributed by atoms with van der Waals surface area (Å²) in [4.78, 5) is 23.5. The topological polar surface area (TPSA) is 43.4 Å². The maximum Gasteiger partial charge on any atom is 0.306 e. The average Bonchev–Trinajstić information content (AvgIpc) is 2.72. The molecular formula is C16H26O3. The van der Waals surface area contributed by atoms with Gasteiger partial charge in [0.2, 0.25) is 0 Å². The van der Waals surface area contributed by atoms with Gasteiger partial charge in [0, 0.05) is 12.8 Å². The summed E-state index contributed by atoms with van der Waals surface area (Å²) < 4.78 is 5.49. The molecule has 0 N–H and O–H groups in total. The van der Waals surface area contributed by atoms with Crippen molar-refractivity contribution < 1.29 is 14.3 Å². The van der Waals surface area contributed by atoms with E-state index in [1.807, 2.05) is 13.0 Å². The molecule has 1 rings (SSSR count). The Balaban J connectivity index is 2.37. The fraction of sp³-hybridized carbons (Fsp3) is 0.750. The molecule has 0 saturated heterocycles. The molecule has 0 amide bonds. The van der Waals surface area contributed by atoms with Gasteiger partial charge in [0.1, 0.15) is 11.9 Å². The van der Waals surface area contributed by atoms with Gasteiger partial charge < -0.3 is 4.74 Å². The van der Waals surface area contributed by atoms with E-state index < -0.39 is 0 Å². The van der Waals surface area contributed by atoms with E-state index >= 15 is 0 Å². The van der Waals surface area contributed by atoms with Crippen LogP contribution < -0.4 is 0 Å². The quantitative estimate of drug-likeness (QED) is 0.381. The average molecular weight is 266 g/mol. The van der Waals surface area contributed by atoms with Gasteiger partial charge >= 0.3 is 5.97 Å². The highest BCUT2D eigenvalue weighted by atomic mass is 16.5. The van der Waals surface area contributed by atoms with Gasteiger partial charge in [-0.05, 0) is 32.6 Å². The first-order valence-corrected chi connectivity index (χ1v) is 7.52. The number of unbranched alkanes of at least 4 members (excludes halogenated alkanes) is 2. The van der Waals surface area contributed by atoms with Crippen LogP contribution in [0.1, 0.15) is 65.2 Å². The van der Waals surface area contributed by atoms with Crippen LogP contribution in [0.3, 0.4) is 0 Å². The van der Waals surface area contributed by atoms with Crippen molar-refractivity contribution in [1.29, 1.82) is 0 Å². The molecular weight excluding hydrogens is 240 g/mol. The number of esters is 1. The molecule has 1 aliphatic carbocycles. The number of ether oxygens (including phenoxy) is 1. The van der Waals surface area contributed by atoms with Gasteiger partial charge in [0.25, 0.3) is 0 Å². The van der Waals surface area contributed by atoms with E-state index in [-0.39, 0.29) is 23.8 Å². The first kappa shape index (κ1) is 15.9. The molecule has 0 aromatic rings. The first-order valence-electron chi connectivity index (χ1n) is 7.52. The smallest absolute Gasteiger partial charge is 0.306 e. The Morgan fingerprint density at radius 1 is 1.42 bits per heavy atom. The van der Waals surface area contributed by atoms with Crippen LogP contribution in [0.2, 0.25) is 0 Å². The maximum absolute atomic E-state index is 11.8. The third-order valence-corrected chi connectivity index (χ3v) is 3.68. The Morgan fingerprint density at radius 3 is 2.89 bits per heavy atom. The Morgan fingerprint density at radius 2 is 2.21 bits per heavy atom. The zero-order chi connectivity index (χ0) is 14.1. The van der Waals surface area contributed by atoms with Crippen molar-refractivity contribution in [1.82, 2.24) is 0 Å².